The Morgan fingerprint density at radius 3 is 2.25 bits per heavy atom. The lowest BCUT2D eigenvalue weighted by Crippen LogP contribution is -2.43. The van der Waals surface area contributed by atoms with Gasteiger partial charge in [0.1, 0.15) is 11.8 Å². The predicted molar refractivity (Wildman–Crippen MR) is 76.4 cm³/mol. The second-order valence-electron chi connectivity index (χ2n) is 4.18. The molecule has 1 atom stereocenters. The molecule has 0 bridgehead atoms. The largest absolute Gasteiger partial charge is 0.497 e. The number of esters is 1. The number of methoxy groups -OCH3 is 1. The number of hydrogen-bond acceptors (Lipinski definition) is 5. The monoisotopic (exact) mass is 301 g/mol. The minimum absolute atomic E-state index is 0.198. The average Bonchev–Trinajstić information content (AvgIpc) is 2.38. The molecule has 0 aliphatic heterocycles. The number of sulfonamides is 1. The molecule has 0 saturated heterocycles. The second kappa shape index (κ2) is 6.60. The summed E-state index contributed by atoms with van der Waals surface area (Å²) in [5.74, 6) is 0.0136. The lowest BCUT2D eigenvalue weighted by atomic mass is 10.2. The number of carbonyl (C=O) groups is 1. The van der Waals surface area contributed by atoms with Crippen molar-refractivity contribution < 1.29 is 22.7 Å². The van der Waals surface area contributed by atoms with Crippen LogP contribution in [0, 0.1) is 0 Å². The van der Waals surface area contributed by atoms with E-state index in [1.54, 1.807) is 31.2 Å². The van der Waals surface area contributed by atoms with Gasteiger partial charge in [0.2, 0.25) is 10.0 Å². The lowest BCUT2D eigenvalue weighted by Gasteiger charge is -2.27. The zero-order valence-electron chi connectivity index (χ0n) is 12.0. The van der Waals surface area contributed by atoms with Crippen LogP contribution in [0.4, 0.5) is 5.69 Å². The van der Waals surface area contributed by atoms with E-state index in [0.717, 1.165) is 10.6 Å². The second-order valence-corrected chi connectivity index (χ2v) is 6.04. The molecule has 1 aromatic rings. The van der Waals surface area contributed by atoms with Gasteiger partial charge < -0.3 is 9.47 Å². The van der Waals surface area contributed by atoms with Crippen LogP contribution >= 0.6 is 0 Å². The number of rotatable bonds is 6. The number of nitrogens with zero attached hydrogens (tertiary/aromatic N) is 1. The summed E-state index contributed by atoms with van der Waals surface area (Å²) < 4.78 is 34.8. The first kappa shape index (κ1) is 16.3. The van der Waals surface area contributed by atoms with Gasteiger partial charge in [-0.1, -0.05) is 0 Å². The van der Waals surface area contributed by atoms with E-state index < -0.39 is 22.0 Å². The summed E-state index contributed by atoms with van der Waals surface area (Å²) in [4.78, 5) is 11.8. The number of ether oxygens (including phenoxy) is 2. The lowest BCUT2D eigenvalue weighted by molar-refractivity contribution is -0.144. The summed E-state index contributed by atoms with van der Waals surface area (Å²) in [5, 5.41) is 0. The summed E-state index contributed by atoms with van der Waals surface area (Å²) in [6.45, 7) is 3.36. The summed E-state index contributed by atoms with van der Waals surface area (Å²) in [5.41, 5.74) is 0.383. The van der Waals surface area contributed by atoms with Crippen LogP contribution in [0.5, 0.6) is 5.75 Å². The molecule has 0 radical (unpaired) electrons. The molecular formula is C13H19NO5S. The van der Waals surface area contributed by atoms with Crippen molar-refractivity contribution in [1.29, 1.82) is 0 Å². The van der Waals surface area contributed by atoms with E-state index in [1.165, 1.54) is 14.0 Å². The van der Waals surface area contributed by atoms with E-state index in [4.69, 9.17) is 9.47 Å². The third-order valence-electron chi connectivity index (χ3n) is 2.66. The molecule has 1 aromatic carbocycles. The number of anilines is 1. The minimum atomic E-state index is -3.61. The number of benzene rings is 1. The van der Waals surface area contributed by atoms with E-state index in [1.807, 2.05) is 0 Å². The first-order valence-electron chi connectivity index (χ1n) is 6.11. The van der Waals surface area contributed by atoms with Crippen LogP contribution in [0.25, 0.3) is 0 Å². The smallest absolute Gasteiger partial charge is 0.329 e. The van der Waals surface area contributed by atoms with Crippen molar-refractivity contribution in [2.24, 2.45) is 0 Å². The van der Waals surface area contributed by atoms with Gasteiger partial charge in [0, 0.05) is 0 Å². The Bertz CT molecular complexity index is 553. The van der Waals surface area contributed by atoms with Crippen molar-refractivity contribution in [3.05, 3.63) is 24.3 Å². The molecule has 0 aliphatic rings. The van der Waals surface area contributed by atoms with E-state index in [-0.39, 0.29) is 6.61 Å². The van der Waals surface area contributed by atoms with Gasteiger partial charge in [-0.3, -0.25) is 4.31 Å². The highest BCUT2D eigenvalue weighted by atomic mass is 32.2. The standard InChI is InChI=1S/C13H19NO5S/c1-5-19-13(15)10(2)14(20(4,16)17)11-6-8-12(18-3)9-7-11/h6-10H,5H2,1-4H3/t10-/m0/s1. The van der Waals surface area contributed by atoms with Crippen molar-refractivity contribution in [2.45, 2.75) is 19.9 Å². The molecule has 0 amide bonds. The van der Waals surface area contributed by atoms with Crippen molar-refractivity contribution in [3.8, 4) is 5.75 Å². The van der Waals surface area contributed by atoms with Crippen LogP contribution in [-0.4, -0.2) is 40.4 Å². The normalized spacial score (nSPS) is 12.6. The number of hydrogen-bond donors (Lipinski definition) is 0. The van der Waals surface area contributed by atoms with E-state index in [9.17, 15) is 13.2 Å². The molecule has 0 unspecified atom stereocenters. The molecule has 0 N–H and O–H groups in total. The summed E-state index contributed by atoms with van der Waals surface area (Å²) in [7, 11) is -2.09. The molecular weight excluding hydrogens is 282 g/mol. The van der Waals surface area contributed by atoms with Crippen molar-refractivity contribution >= 4 is 21.7 Å². The fourth-order valence-electron chi connectivity index (χ4n) is 1.79. The molecule has 20 heavy (non-hydrogen) atoms. The molecule has 112 valence electrons. The maximum absolute atomic E-state index is 11.9. The quantitative estimate of drug-likeness (QED) is 0.743. The Morgan fingerprint density at radius 2 is 1.85 bits per heavy atom. The Hall–Kier alpha value is -1.76. The topological polar surface area (TPSA) is 72.9 Å². The molecule has 7 heteroatoms. The SMILES string of the molecule is CCOC(=O)[C@H](C)N(c1ccc(OC)cc1)S(C)(=O)=O. The van der Waals surface area contributed by atoms with Crippen LogP contribution in [0.2, 0.25) is 0 Å². The van der Waals surface area contributed by atoms with Gasteiger partial charge in [0.05, 0.1) is 25.7 Å². The minimum Gasteiger partial charge on any atom is -0.497 e. The molecule has 1 rings (SSSR count). The maximum Gasteiger partial charge on any atom is 0.329 e. The maximum atomic E-state index is 11.9. The molecule has 0 aromatic heterocycles. The average molecular weight is 301 g/mol. The van der Waals surface area contributed by atoms with Gasteiger partial charge in [0.15, 0.2) is 0 Å². The predicted octanol–water partition coefficient (Wildman–Crippen LogP) is 1.41. The molecule has 0 saturated carbocycles. The highest BCUT2D eigenvalue weighted by Gasteiger charge is 2.29. The van der Waals surface area contributed by atoms with Gasteiger partial charge in [0.25, 0.3) is 0 Å². The van der Waals surface area contributed by atoms with Crippen molar-refractivity contribution in [3.63, 3.8) is 0 Å². The summed E-state index contributed by atoms with van der Waals surface area (Å²) >= 11 is 0. The van der Waals surface area contributed by atoms with Crippen LogP contribution in [-0.2, 0) is 19.6 Å². The Labute approximate surface area is 119 Å². The van der Waals surface area contributed by atoms with Gasteiger partial charge >= 0.3 is 5.97 Å². The third-order valence-corrected chi connectivity index (χ3v) is 3.91. The molecule has 0 spiro atoms. The van der Waals surface area contributed by atoms with E-state index in [2.05, 4.69) is 0 Å². The third kappa shape index (κ3) is 3.86. The number of carbonyl (C=O) groups excluding carboxylic acids is 1. The molecule has 0 fully saturated rings. The summed E-state index contributed by atoms with van der Waals surface area (Å²) in [6, 6.07) is 5.49. The first-order chi connectivity index (χ1) is 9.31. The first-order valence-corrected chi connectivity index (χ1v) is 7.96. The van der Waals surface area contributed by atoms with E-state index >= 15 is 0 Å². The Morgan fingerprint density at radius 1 is 1.30 bits per heavy atom. The Kier molecular flexibility index (Phi) is 5.38. The van der Waals surface area contributed by atoms with Crippen LogP contribution < -0.4 is 9.04 Å². The highest BCUT2D eigenvalue weighted by molar-refractivity contribution is 7.92. The van der Waals surface area contributed by atoms with Gasteiger partial charge in [-0.15, -0.1) is 0 Å². The molecule has 0 aliphatic carbocycles. The zero-order chi connectivity index (χ0) is 15.3. The fraction of sp³-hybridized carbons (Fsp3) is 0.462. The highest BCUT2D eigenvalue weighted by Crippen LogP contribution is 2.24. The van der Waals surface area contributed by atoms with Crippen molar-refractivity contribution in [1.82, 2.24) is 0 Å². The van der Waals surface area contributed by atoms with Gasteiger partial charge in [-0.05, 0) is 38.1 Å². The van der Waals surface area contributed by atoms with Gasteiger partial charge in [-0.2, -0.15) is 0 Å². The van der Waals surface area contributed by atoms with Crippen LogP contribution in [0.15, 0.2) is 24.3 Å². The van der Waals surface area contributed by atoms with Crippen LogP contribution in [0.1, 0.15) is 13.8 Å². The van der Waals surface area contributed by atoms with Crippen LogP contribution in [0.3, 0.4) is 0 Å². The Balaban J connectivity index is 3.15. The summed E-state index contributed by atoms with van der Waals surface area (Å²) in [6.07, 6.45) is 1.05. The zero-order valence-corrected chi connectivity index (χ0v) is 12.8. The molecule has 0 heterocycles. The van der Waals surface area contributed by atoms with Gasteiger partial charge in [-0.25, -0.2) is 13.2 Å². The van der Waals surface area contributed by atoms with Crippen molar-refractivity contribution in [2.75, 3.05) is 24.3 Å². The molecule has 6 nitrogen and oxygen atoms in total. The van der Waals surface area contributed by atoms with E-state index in [0.29, 0.717) is 11.4 Å². The fourth-order valence-corrected chi connectivity index (χ4v) is 2.96.